The van der Waals surface area contributed by atoms with Gasteiger partial charge in [0.25, 0.3) is 0 Å². The Hall–Kier alpha value is -3.83. The predicted octanol–water partition coefficient (Wildman–Crippen LogP) is 1.94. The number of carbonyl (C=O) groups is 2. The summed E-state index contributed by atoms with van der Waals surface area (Å²) in [6.45, 7) is -0.594. The van der Waals surface area contributed by atoms with E-state index < -0.39 is 18.1 Å². The van der Waals surface area contributed by atoms with E-state index in [0.717, 1.165) is 4.90 Å². The van der Waals surface area contributed by atoms with Crippen LogP contribution in [0.2, 0.25) is 0 Å². The second kappa shape index (κ2) is 6.34. The lowest BCUT2D eigenvalue weighted by Crippen LogP contribution is -2.49. The number of hydrogen-bond acceptors (Lipinski definition) is 7. The number of ketones is 1. The normalized spacial score (nSPS) is 25.3. The Kier molecular flexibility index (Phi) is 3.85. The predicted molar refractivity (Wildman–Crippen MR) is 103 cm³/mol. The van der Waals surface area contributed by atoms with Crippen molar-refractivity contribution in [2.75, 3.05) is 11.6 Å². The van der Waals surface area contributed by atoms with Crippen LogP contribution in [0.15, 0.2) is 69.9 Å². The number of allylic oxidation sites excluding steroid dienone is 1. The van der Waals surface area contributed by atoms with Crippen LogP contribution in [-0.4, -0.2) is 23.5 Å². The number of furan rings is 1. The molecule has 1 aromatic carbocycles. The topological polar surface area (TPSA) is 130 Å². The largest absolute Gasteiger partial charge is 0.469 e. The van der Waals surface area contributed by atoms with Crippen LogP contribution in [0, 0.1) is 11.3 Å². The van der Waals surface area contributed by atoms with Crippen LogP contribution in [0.5, 0.6) is 0 Å². The molecular weight excluding hydrogens is 386 g/mol. The van der Waals surface area contributed by atoms with Crippen molar-refractivity contribution in [1.82, 2.24) is 0 Å². The number of amides is 1. The molecule has 5 rings (SSSR count). The first kappa shape index (κ1) is 18.2. The molecule has 8 heteroatoms. The highest BCUT2D eigenvalue weighted by Gasteiger charge is 2.62. The van der Waals surface area contributed by atoms with Crippen molar-refractivity contribution < 1.29 is 23.8 Å². The molecule has 2 atom stereocenters. The van der Waals surface area contributed by atoms with Gasteiger partial charge in [-0.2, -0.15) is 5.26 Å². The number of nitrogens with zero attached hydrogens (tertiary/aromatic N) is 2. The molecule has 3 aliphatic rings. The number of hydrogen-bond donors (Lipinski definition) is 2. The number of nitriles is 1. The SMILES string of the molecule is N#CC1=C(N)OC2=C(C(=O)C[C@@H](c3ccco3)C2)[C@]12C(=O)N(CO)c1ccccc12. The van der Waals surface area contributed by atoms with Crippen LogP contribution < -0.4 is 10.6 Å². The Balaban J connectivity index is 1.78. The summed E-state index contributed by atoms with van der Waals surface area (Å²) in [5.41, 5.74) is 5.22. The van der Waals surface area contributed by atoms with E-state index >= 15 is 0 Å². The molecule has 1 aromatic heterocycles. The van der Waals surface area contributed by atoms with Gasteiger partial charge in [-0.05, 0) is 18.2 Å². The van der Waals surface area contributed by atoms with Gasteiger partial charge in [-0.25, -0.2) is 0 Å². The molecule has 3 heterocycles. The van der Waals surface area contributed by atoms with Crippen molar-refractivity contribution in [1.29, 1.82) is 5.26 Å². The van der Waals surface area contributed by atoms with Gasteiger partial charge in [0.15, 0.2) is 5.78 Å². The van der Waals surface area contributed by atoms with Crippen LogP contribution in [0.4, 0.5) is 5.69 Å². The molecule has 2 aliphatic heterocycles. The summed E-state index contributed by atoms with van der Waals surface area (Å²) in [5.74, 6) is -0.497. The second-order valence-corrected chi connectivity index (χ2v) is 7.44. The van der Waals surface area contributed by atoms with Gasteiger partial charge in [-0.3, -0.25) is 14.5 Å². The summed E-state index contributed by atoms with van der Waals surface area (Å²) in [6.07, 6.45) is 1.93. The molecule has 8 nitrogen and oxygen atoms in total. The maximum atomic E-state index is 13.7. The van der Waals surface area contributed by atoms with Crippen molar-refractivity contribution in [2.24, 2.45) is 5.73 Å². The number of carbonyl (C=O) groups excluding carboxylic acids is 2. The van der Waals surface area contributed by atoms with Crippen molar-refractivity contribution >= 4 is 17.4 Å². The zero-order valence-corrected chi connectivity index (χ0v) is 15.8. The smallest absolute Gasteiger partial charge is 0.249 e. The summed E-state index contributed by atoms with van der Waals surface area (Å²) >= 11 is 0. The van der Waals surface area contributed by atoms with E-state index in [-0.39, 0.29) is 40.9 Å². The van der Waals surface area contributed by atoms with Crippen molar-refractivity contribution in [3.8, 4) is 6.07 Å². The third-order valence-electron chi connectivity index (χ3n) is 6.01. The van der Waals surface area contributed by atoms with E-state index in [1.165, 1.54) is 6.26 Å². The number of aliphatic hydroxyl groups is 1. The van der Waals surface area contributed by atoms with Gasteiger partial charge in [0.2, 0.25) is 11.8 Å². The van der Waals surface area contributed by atoms with E-state index in [4.69, 9.17) is 14.9 Å². The van der Waals surface area contributed by atoms with Gasteiger partial charge < -0.3 is 20.0 Å². The van der Waals surface area contributed by atoms with E-state index in [2.05, 4.69) is 0 Å². The van der Waals surface area contributed by atoms with E-state index in [1.807, 2.05) is 6.07 Å². The fourth-order valence-corrected chi connectivity index (χ4v) is 4.82. The van der Waals surface area contributed by atoms with E-state index in [1.54, 1.807) is 36.4 Å². The van der Waals surface area contributed by atoms with E-state index in [9.17, 15) is 20.0 Å². The van der Waals surface area contributed by atoms with Crippen LogP contribution in [0.3, 0.4) is 0 Å². The molecule has 0 radical (unpaired) electrons. The highest BCUT2D eigenvalue weighted by molar-refractivity contribution is 6.20. The van der Waals surface area contributed by atoms with Gasteiger partial charge in [-0.1, -0.05) is 18.2 Å². The number of benzene rings is 1. The lowest BCUT2D eigenvalue weighted by molar-refractivity contribution is -0.125. The van der Waals surface area contributed by atoms with Gasteiger partial charge in [0.05, 0.1) is 17.5 Å². The third-order valence-corrected chi connectivity index (χ3v) is 6.01. The molecule has 2 aromatic rings. The zero-order valence-electron chi connectivity index (χ0n) is 15.8. The monoisotopic (exact) mass is 403 g/mol. The fourth-order valence-electron chi connectivity index (χ4n) is 4.82. The highest BCUT2D eigenvalue weighted by Crippen LogP contribution is 2.56. The minimum Gasteiger partial charge on any atom is -0.469 e. The lowest BCUT2D eigenvalue weighted by Gasteiger charge is -2.38. The molecule has 1 amide bonds. The van der Waals surface area contributed by atoms with Crippen LogP contribution in [0.25, 0.3) is 0 Å². The molecular formula is C22H17N3O5. The maximum absolute atomic E-state index is 13.7. The molecule has 1 aliphatic carbocycles. The number of aliphatic hydroxyl groups excluding tert-OH is 1. The number of rotatable bonds is 2. The number of Topliss-reactive ketones (excluding diaryl/α,β-unsaturated/α-hetero) is 1. The number of anilines is 1. The number of ether oxygens (including phenoxy) is 1. The Bertz CT molecular complexity index is 1190. The summed E-state index contributed by atoms with van der Waals surface area (Å²) in [5, 5.41) is 19.8. The fraction of sp³-hybridized carbons (Fsp3) is 0.227. The molecule has 0 fully saturated rings. The number of para-hydroxylation sites is 1. The molecule has 3 N–H and O–H groups in total. The Labute approximate surface area is 171 Å². The maximum Gasteiger partial charge on any atom is 0.249 e. The molecule has 1 spiro atoms. The van der Waals surface area contributed by atoms with Gasteiger partial charge in [-0.15, -0.1) is 0 Å². The van der Waals surface area contributed by atoms with Gasteiger partial charge in [0.1, 0.15) is 35.3 Å². The van der Waals surface area contributed by atoms with Gasteiger partial charge in [0, 0.05) is 24.3 Å². The average molecular weight is 403 g/mol. The first-order valence-corrected chi connectivity index (χ1v) is 9.44. The Morgan fingerprint density at radius 1 is 1.23 bits per heavy atom. The second-order valence-electron chi connectivity index (χ2n) is 7.44. The van der Waals surface area contributed by atoms with Crippen LogP contribution in [0.1, 0.15) is 30.1 Å². The summed E-state index contributed by atoms with van der Waals surface area (Å²) in [4.78, 5) is 28.2. The summed E-state index contributed by atoms with van der Waals surface area (Å²) < 4.78 is 11.2. The molecule has 0 saturated carbocycles. The minimum absolute atomic E-state index is 0.102. The molecule has 30 heavy (non-hydrogen) atoms. The molecule has 0 bridgehead atoms. The first-order valence-electron chi connectivity index (χ1n) is 9.44. The summed E-state index contributed by atoms with van der Waals surface area (Å²) in [7, 11) is 0. The quantitative estimate of drug-likeness (QED) is 0.784. The lowest BCUT2D eigenvalue weighted by atomic mass is 9.64. The molecule has 0 saturated heterocycles. The number of nitrogens with two attached hydrogens (primary N) is 1. The summed E-state index contributed by atoms with van der Waals surface area (Å²) in [6, 6.07) is 12.3. The Morgan fingerprint density at radius 3 is 2.73 bits per heavy atom. The van der Waals surface area contributed by atoms with Gasteiger partial charge >= 0.3 is 0 Å². The zero-order chi connectivity index (χ0) is 21.0. The minimum atomic E-state index is -1.73. The third kappa shape index (κ3) is 2.12. The van der Waals surface area contributed by atoms with Crippen molar-refractivity contribution in [2.45, 2.75) is 24.2 Å². The Morgan fingerprint density at radius 2 is 2.03 bits per heavy atom. The molecule has 0 unspecified atom stereocenters. The number of fused-ring (bicyclic) bond motifs is 3. The van der Waals surface area contributed by atoms with Crippen molar-refractivity contribution in [3.05, 3.63) is 76.8 Å². The van der Waals surface area contributed by atoms with Crippen molar-refractivity contribution in [3.63, 3.8) is 0 Å². The molecule has 150 valence electrons. The van der Waals surface area contributed by atoms with Crippen LogP contribution in [-0.2, 0) is 19.7 Å². The average Bonchev–Trinajstić information content (AvgIpc) is 3.35. The standard InChI is InChI=1S/C22H17N3O5/c23-10-14-20(24)30-18-9-12(17-6-3-7-29-17)8-16(27)19(18)22(14)13-4-1-2-5-15(13)25(11-26)21(22)28/h1-7,12,26H,8-9,11,24H2/t12-,22-/m1/s1. The first-order chi connectivity index (χ1) is 14.5. The van der Waals surface area contributed by atoms with E-state index in [0.29, 0.717) is 23.4 Å². The van der Waals surface area contributed by atoms with Crippen LogP contribution >= 0.6 is 0 Å². The highest BCUT2D eigenvalue weighted by atomic mass is 16.5.